The SMILES string of the molecule is COC(=O)C1=C(CN2CCc3sccc3C2)N(C2CC2)C(=O)N[C@H]1c1ccccc1. The third-order valence-electron chi connectivity index (χ3n) is 6.09. The first-order chi connectivity index (χ1) is 14.7. The molecule has 30 heavy (non-hydrogen) atoms. The van der Waals surface area contributed by atoms with Crippen LogP contribution in [-0.4, -0.2) is 48.0 Å². The van der Waals surface area contributed by atoms with Gasteiger partial charge >= 0.3 is 12.0 Å². The van der Waals surface area contributed by atoms with Crippen molar-refractivity contribution in [2.75, 3.05) is 20.2 Å². The van der Waals surface area contributed by atoms with E-state index in [1.807, 2.05) is 46.6 Å². The van der Waals surface area contributed by atoms with Crippen molar-refractivity contribution < 1.29 is 14.3 Å². The van der Waals surface area contributed by atoms with Crippen molar-refractivity contribution in [1.82, 2.24) is 15.1 Å². The fraction of sp³-hybridized carbons (Fsp3) is 0.391. The first-order valence-corrected chi connectivity index (χ1v) is 11.3. The van der Waals surface area contributed by atoms with E-state index in [1.165, 1.54) is 17.6 Å². The third-order valence-corrected chi connectivity index (χ3v) is 7.11. The first kappa shape index (κ1) is 19.3. The third kappa shape index (κ3) is 3.52. The number of benzene rings is 1. The summed E-state index contributed by atoms with van der Waals surface area (Å²) in [5.74, 6) is -0.377. The molecule has 156 valence electrons. The highest BCUT2D eigenvalue weighted by Crippen LogP contribution is 2.39. The van der Waals surface area contributed by atoms with Crippen LogP contribution in [0, 0.1) is 0 Å². The van der Waals surface area contributed by atoms with Gasteiger partial charge in [0.1, 0.15) is 0 Å². The van der Waals surface area contributed by atoms with E-state index < -0.39 is 6.04 Å². The molecule has 0 radical (unpaired) electrons. The highest BCUT2D eigenvalue weighted by atomic mass is 32.1. The summed E-state index contributed by atoms with van der Waals surface area (Å²) >= 11 is 1.81. The quantitative estimate of drug-likeness (QED) is 0.748. The lowest BCUT2D eigenvalue weighted by Crippen LogP contribution is -2.52. The summed E-state index contributed by atoms with van der Waals surface area (Å²) < 4.78 is 5.20. The number of hydrogen-bond donors (Lipinski definition) is 1. The molecular formula is C23H25N3O3S. The molecule has 0 saturated heterocycles. The van der Waals surface area contributed by atoms with E-state index in [2.05, 4.69) is 21.7 Å². The molecule has 3 aliphatic rings. The van der Waals surface area contributed by atoms with Crippen LogP contribution in [0.25, 0.3) is 0 Å². The summed E-state index contributed by atoms with van der Waals surface area (Å²) in [7, 11) is 1.41. The average Bonchev–Trinajstić information content (AvgIpc) is 3.49. The number of nitrogens with one attached hydrogen (secondary N) is 1. The van der Waals surface area contributed by atoms with Crippen molar-refractivity contribution in [3.63, 3.8) is 0 Å². The van der Waals surface area contributed by atoms with Gasteiger partial charge in [-0.25, -0.2) is 9.59 Å². The van der Waals surface area contributed by atoms with Gasteiger partial charge < -0.3 is 10.1 Å². The van der Waals surface area contributed by atoms with Crippen LogP contribution < -0.4 is 5.32 Å². The Labute approximate surface area is 180 Å². The number of carbonyl (C=O) groups excluding carboxylic acids is 2. The second-order valence-corrected chi connectivity index (χ2v) is 9.08. The molecule has 0 bridgehead atoms. The Morgan fingerprint density at radius 3 is 2.77 bits per heavy atom. The van der Waals surface area contributed by atoms with Crippen LogP contribution in [0.1, 0.15) is 34.9 Å². The van der Waals surface area contributed by atoms with Crippen LogP contribution in [0.15, 0.2) is 53.0 Å². The topological polar surface area (TPSA) is 61.9 Å². The minimum Gasteiger partial charge on any atom is -0.466 e. The normalized spacial score (nSPS) is 22.0. The maximum atomic E-state index is 13.1. The van der Waals surface area contributed by atoms with E-state index in [1.54, 1.807) is 0 Å². The molecular weight excluding hydrogens is 398 g/mol. The zero-order chi connectivity index (χ0) is 20.7. The number of ether oxygens (including phenoxy) is 1. The Hall–Kier alpha value is -2.64. The first-order valence-electron chi connectivity index (χ1n) is 10.4. The number of methoxy groups -OCH3 is 1. The van der Waals surface area contributed by atoms with E-state index in [0.717, 1.165) is 43.6 Å². The number of urea groups is 1. The predicted octanol–water partition coefficient (Wildman–Crippen LogP) is 3.46. The molecule has 0 spiro atoms. The summed E-state index contributed by atoms with van der Waals surface area (Å²) in [6.07, 6.45) is 2.94. The average molecular weight is 424 g/mol. The predicted molar refractivity (Wildman–Crippen MR) is 115 cm³/mol. The summed E-state index contributed by atoms with van der Waals surface area (Å²) in [4.78, 5) is 31.7. The Morgan fingerprint density at radius 2 is 2.03 bits per heavy atom. The second kappa shape index (κ2) is 7.89. The fourth-order valence-corrected chi connectivity index (χ4v) is 5.35. The van der Waals surface area contributed by atoms with Gasteiger partial charge in [0.2, 0.25) is 0 Å². The van der Waals surface area contributed by atoms with Crippen molar-refractivity contribution in [3.8, 4) is 0 Å². The molecule has 6 nitrogen and oxygen atoms in total. The summed E-state index contributed by atoms with van der Waals surface area (Å²) in [5.41, 5.74) is 3.58. The van der Waals surface area contributed by atoms with E-state index in [-0.39, 0.29) is 18.0 Å². The lowest BCUT2D eigenvalue weighted by atomic mass is 9.94. The Balaban J connectivity index is 1.56. The van der Waals surface area contributed by atoms with Gasteiger partial charge in [-0.15, -0.1) is 11.3 Å². The molecule has 1 N–H and O–H groups in total. The van der Waals surface area contributed by atoms with Gasteiger partial charge in [0.05, 0.1) is 18.7 Å². The zero-order valence-electron chi connectivity index (χ0n) is 17.0. The molecule has 1 saturated carbocycles. The Kier molecular flexibility index (Phi) is 5.08. The maximum absolute atomic E-state index is 13.1. The number of carbonyl (C=O) groups is 2. The number of thiophene rings is 1. The molecule has 1 aromatic carbocycles. The minimum absolute atomic E-state index is 0.123. The molecule has 2 aromatic rings. The molecule has 1 aromatic heterocycles. The summed E-state index contributed by atoms with van der Waals surface area (Å²) in [5, 5.41) is 5.20. The van der Waals surface area contributed by atoms with E-state index >= 15 is 0 Å². The standard InChI is InChI=1S/C23H25N3O3S/c1-29-22(27)20-18(14-25-11-9-19-16(13-25)10-12-30-19)26(17-7-8-17)23(28)24-21(20)15-5-3-2-4-6-15/h2-6,10,12,17,21H,7-9,11,13-14H2,1H3,(H,24,28)/t21-/m0/s1. The molecule has 2 aliphatic heterocycles. The highest BCUT2D eigenvalue weighted by Gasteiger charge is 2.44. The molecule has 7 heteroatoms. The largest absolute Gasteiger partial charge is 0.466 e. The zero-order valence-corrected chi connectivity index (χ0v) is 17.8. The lowest BCUT2D eigenvalue weighted by Gasteiger charge is -2.39. The maximum Gasteiger partial charge on any atom is 0.338 e. The van der Waals surface area contributed by atoms with Gasteiger partial charge in [0.25, 0.3) is 0 Å². The molecule has 1 aliphatic carbocycles. The van der Waals surface area contributed by atoms with Gasteiger partial charge in [0, 0.05) is 36.3 Å². The lowest BCUT2D eigenvalue weighted by molar-refractivity contribution is -0.136. The van der Waals surface area contributed by atoms with Gasteiger partial charge in [-0.1, -0.05) is 30.3 Å². The van der Waals surface area contributed by atoms with E-state index in [9.17, 15) is 9.59 Å². The molecule has 5 rings (SSSR count). The van der Waals surface area contributed by atoms with Crippen molar-refractivity contribution in [3.05, 3.63) is 69.1 Å². The van der Waals surface area contributed by atoms with Crippen LogP contribution in [0.4, 0.5) is 4.79 Å². The van der Waals surface area contributed by atoms with Gasteiger partial charge in [-0.2, -0.15) is 0 Å². The number of amides is 2. The van der Waals surface area contributed by atoms with Crippen LogP contribution in [0.5, 0.6) is 0 Å². The van der Waals surface area contributed by atoms with Crippen molar-refractivity contribution in [2.24, 2.45) is 0 Å². The van der Waals surface area contributed by atoms with Crippen LogP contribution >= 0.6 is 11.3 Å². The molecule has 3 heterocycles. The summed E-state index contributed by atoms with van der Waals surface area (Å²) in [6, 6.07) is 11.4. The molecule has 1 fully saturated rings. The van der Waals surface area contributed by atoms with E-state index in [0.29, 0.717) is 12.1 Å². The number of hydrogen-bond acceptors (Lipinski definition) is 5. The Bertz CT molecular complexity index is 996. The number of esters is 1. The Morgan fingerprint density at radius 1 is 1.23 bits per heavy atom. The minimum atomic E-state index is -0.502. The number of nitrogens with zero attached hydrogens (tertiary/aromatic N) is 2. The number of fused-ring (bicyclic) bond motifs is 1. The van der Waals surface area contributed by atoms with Crippen LogP contribution in [0.2, 0.25) is 0 Å². The van der Waals surface area contributed by atoms with Crippen molar-refractivity contribution >= 4 is 23.3 Å². The van der Waals surface area contributed by atoms with Crippen LogP contribution in [-0.2, 0) is 22.5 Å². The van der Waals surface area contributed by atoms with Crippen LogP contribution in [0.3, 0.4) is 0 Å². The molecule has 0 unspecified atom stereocenters. The second-order valence-electron chi connectivity index (χ2n) is 8.08. The monoisotopic (exact) mass is 423 g/mol. The molecule has 1 atom stereocenters. The fourth-order valence-electron chi connectivity index (χ4n) is 4.46. The van der Waals surface area contributed by atoms with Gasteiger partial charge in [0.15, 0.2) is 0 Å². The summed E-state index contributed by atoms with van der Waals surface area (Å²) in [6.45, 7) is 2.32. The van der Waals surface area contributed by atoms with Gasteiger partial charge in [-0.3, -0.25) is 9.80 Å². The van der Waals surface area contributed by atoms with Crippen molar-refractivity contribution in [1.29, 1.82) is 0 Å². The molecule has 2 amide bonds. The highest BCUT2D eigenvalue weighted by molar-refractivity contribution is 7.10. The number of rotatable bonds is 5. The van der Waals surface area contributed by atoms with E-state index in [4.69, 9.17) is 4.74 Å². The van der Waals surface area contributed by atoms with Gasteiger partial charge in [-0.05, 0) is 41.8 Å². The van der Waals surface area contributed by atoms with Crippen molar-refractivity contribution in [2.45, 2.75) is 37.9 Å². The smallest absolute Gasteiger partial charge is 0.338 e.